The monoisotopic (exact) mass is 457 g/mol. The summed E-state index contributed by atoms with van der Waals surface area (Å²) >= 11 is 0. The molecular formula is C21H27N7O3S. The van der Waals surface area contributed by atoms with Crippen molar-refractivity contribution in [2.24, 2.45) is 0 Å². The normalized spacial score (nSPS) is 18.5. The first-order chi connectivity index (χ1) is 15.5. The molecule has 1 aromatic heterocycles. The lowest BCUT2D eigenvalue weighted by Crippen LogP contribution is -2.49. The molecule has 2 aliphatic rings. The van der Waals surface area contributed by atoms with Gasteiger partial charge in [-0.3, -0.25) is 4.90 Å². The molecule has 2 saturated heterocycles. The first-order valence-electron chi connectivity index (χ1n) is 10.7. The van der Waals surface area contributed by atoms with Gasteiger partial charge in [0.1, 0.15) is 0 Å². The lowest BCUT2D eigenvalue weighted by Gasteiger charge is -2.36. The van der Waals surface area contributed by atoms with Crippen LogP contribution in [0.5, 0.6) is 0 Å². The molecule has 0 atom stereocenters. The van der Waals surface area contributed by atoms with E-state index in [1.165, 1.54) is 28.6 Å². The van der Waals surface area contributed by atoms with Crippen LogP contribution in [0.2, 0.25) is 0 Å². The van der Waals surface area contributed by atoms with Crippen molar-refractivity contribution in [3.8, 4) is 6.07 Å². The van der Waals surface area contributed by atoms with Crippen molar-refractivity contribution in [3.05, 3.63) is 42.0 Å². The first-order valence-corrected chi connectivity index (χ1v) is 12.1. The fraction of sp³-hybridized carbons (Fsp3) is 0.476. The highest BCUT2D eigenvalue weighted by Gasteiger charge is 2.29. The number of hydrogen-bond acceptors (Lipinski definition) is 9. The lowest BCUT2D eigenvalue weighted by atomic mass is 10.2. The third kappa shape index (κ3) is 4.83. The zero-order valence-corrected chi connectivity index (χ0v) is 18.7. The van der Waals surface area contributed by atoms with Crippen molar-refractivity contribution >= 4 is 21.7 Å². The van der Waals surface area contributed by atoms with Crippen LogP contribution >= 0.6 is 0 Å². The molecule has 2 fully saturated rings. The van der Waals surface area contributed by atoms with E-state index in [2.05, 4.69) is 20.0 Å². The van der Waals surface area contributed by atoms with Crippen molar-refractivity contribution in [2.45, 2.75) is 4.90 Å². The second-order valence-electron chi connectivity index (χ2n) is 7.83. The second-order valence-corrected chi connectivity index (χ2v) is 9.77. The minimum atomic E-state index is -3.59. The van der Waals surface area contributed by atoms with Crippen LogP contribution in [0, 0.1) is 11.3 Å². The highest BCUT2D eigenvalue weighted by Crippen LogP contribution is 2.21. The molecule has 0 saturated carbocycles. The molecule has 0 spiro atoms. The topological polar surface area (TPSA) is 117 Å². The van der Waals surface area contributed by atoms with Gasteiger partial charge in [-0.2, -0.15) is 9.57 Å². The van der Waals surface area contributed by atoms with Crippen molar-refractivity contribution in [1.29, 1.82) is 5.26 Å². The van der Waals surface area contributed by atoms with E-state index in [4.69, 9.17) is 10.4 Å². The van der Waals surface area contributed by atoms with E-state index < -0.39 is 10.0 Å². The van der Waals surface area contributed by atoms with Crippen molar-refractivity contribution in [1.82, 2.24) is 19.4 Å². The molecule has 0 unspecified atom stereocenters. The number of hydrogen-bond donors (Lipinski definition) is 1. The molecule has 2 aromatic rings. The average Bonchev–Trinajstić information content (AvgIpc) is 2.85. The number of piperazine rings is 2. The third-order valence-electron chi connectivity index (χ3n) is 5.93. The summed E-state index contributed by atoms with van der Waals surface area (Å²) < 4.78 is 27.2. The summed E-state index contributed by atoms with van der Waals surface area (Å²) in [4.78, 5) is 6.66. The number of nitrogens with zero attached hydrogens (tertiary/aromatic N) is 7. The lowest BCUT2D eigenvalue weighted by molar-refractivity contribution is 0.188. The van der Waals surface area contributed by atoms with Crippen LogP contribution in [-0.2, 0) is 10.0 Å². The quantitative estimate of drug-likeness (QED) is 0.638. The average molecular weight is 458 g/mol. The molecule has 1 aromatic carbocycles. The molecule has 2 aliphatic heterocycles. The summed E-state index contributed by atoms with van der Waals surface area (Å²) in [7, 11) is -3.59. The highest BCUT2D eigenvalue weighted by molar-refractivity contribution is 7.89. The second kappa shape index (κ2) is 9.79. The zero-order chi connectivity index (χ0) is 22.6. The van der Waals surface area contributed by atoms with Crippen LogP contribution in [0.15, 0.2) is 41.3 Å². The Morgan fingerprint density at radius 2 is 1.38 bits per heavy atom. The molecule has 32 heavy (non-hydrogen) atoms. The Kier molecular flexibility index (Phi) is 6.86. The summed E-state index contributed by atoms with van der Waals surface area (Å²) in [5.74, 6) is 1.57. The van der Waals surface area contributed by atoms with Crippen LogP contribution < -0.4 is 9.80 Å². The molecule has 4 rings (SSSR count). The first kappa shape index (κ1) is 22.4. The number of sulfonamides is 1. The molecule has 170 valence electrons. The number of rotatable bonds is 6. The third-order valence-corrected chi connectivity index (χ3v) is 7.85. The summed E-state index contributed by atoms with van der Waals surface area (Å²) in [6.45, 7) is 6.13. The number of β-amino-alcohol motifs (C(OH)–C–C–N with tert-alkyl or cyclic N) is 1. The Balaban J connectivity index is 1.33. The molecule has 0 radical (unpaired) electrons. The van der Waals surface area contributed by atoms with Crippen molar-refractivity contribution < 1.29 is 13.5 Å². The maximum Gasteiger partial charge on any atom is 0.243 e. The van der Waals surface area contributed by atoms with Gasteiger partial charge >= 0.3 is 0 Å². The van der Waals surface area contributed by atoms with E-state index in [1.807, 2.05) is 23.1 Å². The highest BCUT2D eigenvalue weighted by atomic mass is 32.2. The number of aliphatic hydroxyl groups is 1. The van der Waals surface area contributed by atoms with E-state index in [1.54, 1.807) is 0 Å². The van der Waals surface area contributed by atoms with Crippen molar-refractivity contribution in [3.63, 3.8) is 0 Å². The van der Waals surface area contributed by atoms with Crippen LogP contribution in [0.25, 0.3) is 0 Å². The molecule has 10 nitrogen and oxygen atoms in total. The fourth-order valence-corrected chi connectivity index (χ4v) is 5.43. The van der Waals surface area contributed by atoms with Gasteiger partial charge in [-0.15, -0.1) is 10.2 Å². The molecule has 0 aliphatic carbocycles. The summed E-state index contributed by atoms with van der Waals surface area (Å²) in [5, 5.41) is 26.7. The molecule has 11 heteroatoms. The number of benzene rings is 1. The smallest absolute Gasteiger partial charge is 0.243 e. The predicted octanol–water partition coefficient (Wildman–Crippen LogP) is -0.0265. The number of anilines is 2. The number of aromatic nitrogens is 2. The van der Waals surface area contributed by atoms with E-state index in [9.17, 15) is 8.42 Å². The molecule has 1 N–H and O–H groups in total. The van der Waals surface area contributed by atoms with Crippen LogP contribution in [-0.4, -0.2) is 98.4 Å². The molecule has 0 bridgehead atoms. The van der Waals surface area contributed by atoms with Crippen LogP contribution in [0.3, 0.4) is 0 Å². The minimum Gasteiger partial charge on any atom is -0.395 e. The maximum absolute atomic E-state index is 12.9. The van der Waals surface area contributed by atoms with E-state index in [0.29, 0.717) is 38.3 Å². The van der Waals surface area contributed by atoms with Crippen LogP contribution in [0.4, 0.5) is 11.6 Å². The van der Waals surface area contributed by atoms with Gasteiger partial charge in [0.15, 0.2) is 11.6 Å². The Morgan fingerprint density at radius 1 is 0.844 bits per heavy atom. The van der Waals surface area contributed by atoms with Gasteiger partial charge in [-0.25, -0.2) is 8.42 Å². The van der Waals surface area contributed by atoms with Gasteiger partial charge < -0.3 is 14.9 Å². The maximum atomic E-state index is 12.9. The van der Waals surface area contributed by atoms with E-state index in [-0.39, 0.29) is 11.5 Å². The fourth-order valence-electron chi connectivity index (χ4n) is 4.01. The van der Waals surface area contributed by atoms with Gasteiger partial charge in [0, 0.05) is 58.9 Å². The predicted molar refractivity (Wildman–Crippen MR) is 120 cm³/mol. The van der Waals surface area contributed by atoms with E-state index >= 15 is 0 Å². The largest absolute Gasteiger partial charge is 0.395 e. The minimum absolute atomic E-state index is 0.177. The molecule has 0 amide bonds. The zero-order valence-electron chi connectivity index (χ0n) is 17.8. The SMILES string of the molecule is N#Cc1ccc(S(=O)(=O)N2CCN(c3ccc(N4CCN(CCO)CC4)nn3)CC2)cc1. The molecular weight excluding hydrogens is 430 g/mol. The number of nitriles is 1. The molecule has 3 heterocycles. The van der Waals surface area contributed by atoms with E-state index in [0.717, 1.165) is 37.8 Å². The Hall–Kier alpha value is -2.78. The Labute approximate surface area is 188 Å². The summed E-state index contributed by atoms with van der Waals surface area (Å²) in [6, 6.07) is 11.9. The summed E-state index contributed by atoms with van der Waals surface area (Å²) in [5.41, 5.74) is 0.433. The van der Waals surface area contributed by atoms with Gasteiger partial charge in [-0.1, -0.05) is 0 Å². The van der Waals surface area contributed by atoms with Gasteiger partial charge in [0.05, 0.1) is 23.1 Å². The number of aliphatic hydroxyl groups excluding tert-OH is 1. The van der Waals surface area contributed by atoms with Gasteiger partial charge in [-0.05, 0) is 36.4 Å². The van der Waals surface area contributed by atoms with Gasteiger partial charge in [0.2, 0.25) is 10.0 Å². The Bertz CT molecular complexity index is 1040. The van der Waals surface area contributed by atoms with Gasteiger partial charge in [0.25, 0.3) is 0 Å². The van der Waals surface area contributed by atoms with Crippen LogP contribution in [0.1, 0.15) is 5.56 Å². The standard InChI is InChI=1S/C21H27N7O3S/c22-17-18-1-3-19(4-2-18)32(30,31)28-13-11-27(12-14-28)21-6-5-20(23-24-21)26-9-7-25(8-10-26)15-16-29/h1-6,29H,7-16H2. The summed E-state index contributed by atoms with van der Waals surface area (Å²) in [6.07, 6.45) is 0. The Morgan fingerprint density at radius 3 is 1.84 bits per heavy atom. The van der Waals surface area contributed by atoms with Crippen molar-refractivity contribution in [2.75, 3.05) is 75.3 Å².